The van der Waals surface area contributed by atoms with Gasteiger partial charge in [0.25, 0.3) is 5.91 Å². The number of β-amino-alcohol motifs (C(OH)–C–C–N with tert-alkyl or cyclic N) is 1. The minimum Gasteiger partial charge on any atom is -0.392 e. The average Bonchev–Trinajstić information content (AvgIpc) is 2.61. The van der Waals surface area contributed by atoms with Crippen LogP contribution in [0.25, 0.3) is 0 Å². The van der Waals surface area contributed by atoms with Crippen molar-refractivity contribution in [3.05, 3.63) is 29.6 Å². The zero-order valence-electron chi connectivity index (χ0n) is 13.9. The van der Waals surface area contributed by atoms with Gasteiger partial charge < -0.3 is 10.0 Å². The molecule has 0 aliphatic carbocycles. The Morgan fingerprint density at radius 3 is 2.78 bits per heavy atom. The van der Waals surface area contributed by atoms with Crippen LogP contribution in [-0.4, -0.2) is 64.1 Å². The van der Waals surface area contributed by atoms with Crippen LogP contribution >= 0.6 is 0 Å². The first kappa shape index (κ1) is 16.4. The Bertz CT molecular complexity index is 541. The Morgan fingerprint density at radius 1 is 1.30 bits per heavy atom. The highest BCUT2D eigenvalue weighted by molar-refractivity contribution is 5.94. The molecule has 126 valence electrons. The lowest BCUT2D eigenvalue weighted by Crippen LogP contribution is -2.50. The first-order valence-electron chi connectivity index (χ1n) is 8.83. The third-order valence-corrected chi connectivity index (χ3v) is 5.12. The van der Waals surface area contributed by atoms with E-state index in [4.69, 9.17) is 0 Å². The summed E-state index contributed by atoms with van der Waals surface area (Å²) in [6.45, 7) is 5.54. The van der Waals surface area contributed by atoms with Crippen molar-refractivity contribution in [1.82, 2.24) is 14.8 Å². The summed E-state index contributed by atoms with van der Waals surface area (Å²) in [4.78, 5) is 21.3. The number of pyridine rings is 1. The molecule has 0 bridgehead atoms. The molecule has 1 aromatic heterocycles. The van der Waals surface area contributed by atoms with Gasteiger partial charge in [0.2, 0.25) is 0 Å². The van der Waals surface area contributed by atoms with Crippen LogP contribution in [0, 0.1) is 0 Å². The molecular weight excluding hydrogens is 290 g/mol. The van der Waals surface area contributed by atoms with Gasteiger partial charge in [0, 0.05) is 43.1 Å². The van der Waals surface area contributed by atoms with Gasteiger partial charge in [-0.15, -0.1) is 0 Å². The maximum absolute atomic E-state index is 12.6. The van der Waals surface area contributed by atoms with Gasteiger partial charge in [-0.05, 0) is 50.8 Å². The fourth-order valence-electron chi connectivity index (χ4n) is 3.74. The van der Waals surface area contributed by atoms with E-state index in [0.29, 0.717) is 6.04 Å². The number of aromatic nitrogens is 1. The van der Waals surface area contributed by atoms with Crippen LogP contribution in [0.3, 0.4) is 0 Å². The molecule has 2 aliphatic rings. The number of nitrogens with zero attached hydrogens (tertiary/aromatic N) is 3. The van der Waals surface area contributed by atoms with E-state index in [-0.39, 0.29) is 12.0 Å². The number of aliphatic hydroxyl groups excluding tert-OH is 1. The summed E-state index contributed by atoms with van der Waals surface area (Å²) in [7, 11) is 0. The van der Waals surface area contributed by atoms with E-state index in [9.17, 15) is 9.90 Å². The van der Waals surface area contributed by atoms with E-state index in [1.165, 1.54) is 0 Å². The first-order chi connectivity index (χ1) is 11.2. The van der Waals surface area contributed by atoms with Crippen LogP contribution in [0.4, 0.5) is 0 Å². The standard InChI is InChI=1S/C18H27N3O2/c1-2-15-12-14(5-8-19-15)18(23)20-10-6-16(7-11-20)21-9-3-4-17(22)13-21/h5,8,12,16-17,22H,2-4,6-7,9-11,13H2,1H3/t17-/m1/s1. The highest BCUT2D eigenvalue weighted by Gasteiger charge is 2.29. The molecule has 1 atom stereocenters. The molecule has 2 aliphatic heterocycles. The number of piperidine rings is 2. The van der Waals surface area contributed by atoms with Gasteiger partial charge in [-0.3, -0.25) is 14.7 Å². The average molecular weight is 317 g/mol. The first-order valence-corrected chi connectivity index (χ1v) is 8.83. The molecule has 1 amide bonds. The van der Waals surface area contributed by atoms with Gasteiger partial charge >= 0.3 is 0 Å². The summed E-state index contributed by atoms with van der Waals surface area (Å²) in [5.41, 5.74) is 1.72. The number of aryl methyl sites for hydroxylation is 1. The summed E-state index contributed by atoms with van der Waals surface area (Å²) in [5.74, 6) is 0.124. The maximum atomic E-state index is 12.6. The van der Waals surface area contributed by atoms with E-state index < -0.39 is 0 Å². The summed E-state index contributed by atoms with van der Waals surface area (Å²) < 4.78 is 0. The van der Waals surface area contributed by atoms with Gasteiger partial charge in [0.15, 0.2) is 0 Å². The van der Waals surface area contributed by atoms with Crippen LogP contribution in [0.5, 0.6) is 0 Å². The number of rotatable bonds is 3. The molecule has 0 unspecified atom stereocenters. The highest BCUT2D eigenvalue weighted by Crippen LogP contribution is 2.22. The second-order valence-electron chi connectivity index (χ2n) is 6.70. The number of carbonyl (C=O) groups is 1. The fourth-order valence-corrected chi connectivity index (χ4v) is 3.74. The minimum absolute atomic E-state index is 0.124. The molecule has 1 N–H and O–H groups in total. The largest absolute Gasteiger partial charge is 0.392 e. The quantitative estimate of drug-likeness (QED) is 0.922. The number of aliphatic hydroxyl groups is 1. The number of likely N-dealkylation sites (tertiary alicyclic amines) is 2. The van der Waals surface area contributed by atoms with E-state index in [1.54, 1.807) is 6.20 Å². The van der Waals surface area contributed by atoms with Crippen LogP contribution < -0.4 is 0 Å². The van der Waals surface area contributed by atoms with Crippen LogP contribution in [0.2, 0.25) is 0 Å². The van der Waals surface area contributed by atoms with Crippen molar-refractivity contribution in [3.63, 3.8) is 0 Å². The second kappa shape index (κ2) is 7.41. The summed E-state index contributed by atoms with van der Waals surface area (Å²) in [6, 6.07) is 4.24. The van der Waals surface area contributed by atoms with Gasteiger partial charge in [-0.1, -0.05) is 6.92 Å². The predicted octanol–water partition coefficient (Wildman–Crippen LogP) is 1.71. The van der Waals surface area contributed by atoms with Crippen molar-refractivity contribution in [2.75, 3.05) is 26.2 Å². The highest BCUT2D eigenvalue weighted by atomic mass is 16.3. The number of amides is 1. The molecule has 0 spiro atoms. The smallest absolute Gasteiger partial charge is 0.253 e. The third-order valence-electron chi connectivity index (χ3n) is 5.12. The van der Waals surface area contributed by atoms with E-state index in [2.05, 4.69) is 16.8 Å². The Labute approximate surface area is 138 Å². The van der Waals surface area contributed by atoms with Crippen molar-refractivity contribution >= 4 is 5.91 Å². The van der Waals surface area contributed by atoms with Crippen molar-refractivity contribution in [2.45, 2.75) is 51.2 Å². The van der Waals surface area contributed by atoms with Crippen LogP contribution in [0.1, 0.15) is 48.7 Å². The summed E-state index contributed by atoms with van der Waals surface area (Å²) >= 11 is 0. The topological polar surface area (TPSA) is 56.7 Å². The SMILES string of the molecule is CCc1cc(C(=O)N2CCC(N3CCC[C@@H](O)C3)CC2)ccn1. The molecule has 5 nitrogen and oxygen atoms in total. The zero-order chi connectivity index (χ0) is 16.2. The van der Waals surface area contributed by atoms with Gasteiger partial charge in [-0.25, -0.2) is 0 Å². The Balaban J connectivity index is 1.56. The van der Waals surface area contributed by atoms with Crippen molar-refractivity contribution in [3.8, 4) is 0 Å². The Hall–Kier alpha value is -1.46. The molecule has 3 heterocycles. The molecule has 23 heavy (non-hydrogen) atoms. The second-order valence-corrected chi connectivity index (χ2v) is 6.70. The van der Waals surface area contributed by atoms with Gasteiger partial charge in [0.1, 0.15) is 0 Å². The molecule has 2 fully saturated rings. The van der Waals surface area contributed by atoms with Crippen LogP contribution in [0.15, 0.2) is 18.3 Å². The molecule has 1 aromatic rings. The fraction of sp³-hybridized carbons (Fsp3) is 0.667. The Morgan fingerprint density at radius 2 is 2.09 bits per heavy atom. The van der Waals surface area contributed by atoms with Gasteiger partial charge in [0.05, 0.1) is 6.10 Å². The normalized spacial score (nSPS) is 23.9. The van der Waals surface area contributed by atoms with E-state index in [0.717, 1.165) is 69.5 Å². The van der Waals surface area contributed by atoms with E-state index in [1.807, 2.05) is 17.0 Å². The summed E-state index contributed by atoms with van der Waals surface area (Å²) in [5, 5.41) is 9.84. The molecule has 2 saturated heterocycles. The molecular formula is C18H27N3O2. The van der Waals surface area contributed by atoms with Crippen molar-refractivity contribution in [2.24, 2.45) is 0 Å². The number of carbonyl (C=O) groups excluding carboxylic acids is 1. The van der Waals surface area contributed by atoms with E-state index >= 15 is 0 Å². The Kier molecular flexibility index (Phi) is 5.28. The number of hydrogen-bond donors (Lipinski definition) is 1. The molecule has 0 radical (unpaired) electrons. The number of hydrogen-bond acceptors (Lipinski definition) is 4. The molecule has 5 heteroatoms. The lowest BCUT2D eigenvalue weighted by Gasteiger charge is -2.41. The zero-order valence-corrected chi connectivity index (χ0v) is 13.9. The van der Waals surface area contributed by atoms with Crippen molar-refractivity contribution < 1.29 is 9.90 Å². The molecule has 0 saturated carbocycles. The molecule has 0 aromatic carbocycles. The predicted molar refractivity (Wildman–Crippen MR) is 89.4 cm³/mol. The summed E-state index contributed by atoms with van der Waals surface area (Å²) in [6.07, 6.45) is 6.42. The monoisotopic (exact) mass is 317 g/mol. The van der Waals surface area contributed by atoms with Crippen molar-refractivity contribution in [1.29, 1.82) is 0 Å². The van der Waals surface area contributed by atoms with Crippen LogP contribution in [-0.2, 0) is 6.42 Å². The molecule has 3 rings (SSSR count). The van der Waals surface area contributed by atoms with Gasteiger partial charge in [-0.2, -0.15) is 0 Å². The lowest BCUT2D eigenvalue weighted by atomic mass is 9.98. The lowest BCUT2D eigenvalue weighted by molar-refractivity contribution is 0.0240. The maximum Gasteiger partial charge on any atom is 0.253 e. The minimum atomic E-state index is -0.173. The third kappa shape index (κ3) is 3.90.